The van der Waals surface area contributed by atoms with E-state index in [2.05, 4.69) is 11.6 Å². The molecule has 0 saturated carbocycles. The van der Waals surface area contributed by atoms with Crippen molar-refractivity contribution in [1.82, 2.24) is 9.55 Å². The fraction of sp³-hybridized carbons (Fsp3) is 0.375. The summed E-state index contributed by atoms with van der Waals surface area (Å²) in [6.45, 7) is 7.59. The summed E-state index contributed by atoms with van der Waals surface area (Å²) < 4.78 is 1.95. The molecule has 3 heteroatoms. The highest BCUT2D eigenvalue weighted by Crippen LogP contribution is 2.13. The predicted octanol–water partition coefficient (Wildman–Crippen LogP) is 2.68. The molecule has 0 spiro atoms. The maximum absolute atomic E-state index is 4.06. The lowest BCUT2D eigenvalue weighted by Gasteiger charge is -1.92. The van der Waals surface area contributed by atoms with Gasteiger partial charge in [-0.05, 0) is 5.41 Å². The molecule has 0 aromatic carbocycles. The maximum atomic E-state index is 4.06. The molecule has 0 aliphatic heterocycles. The monoisotopic (exact) mass is 170 g/mol. The second kappa shape index (κ2) is 6.04. The van der Waals surface area contributed by atoms with Crippen molar-refractivity contribution < 1.29 is 0 Å². The smallest absolute Gasteiger partial charge is 0.171 e. The fourth-order valence-electron chi connectivity index (χ4n) is 0.540. The third-order valence-electron chi connectivity index (χ3n) is 0.966. The zero-order valence-corrected chi connectivity index (χ0v) is 8.06. The molecule has 1 heterocycles. The summed E-state index contributed by atoms with van der Waals surface area (Å²) in [5.74, 6) is 0. The molecule has 1 aromatic heterocycles. The van der Waals surface area contributed by atoms with Gasteiger partial charge in [-0.15, -0.1) is 0 Å². The Kier molecular flexibility index (Phi) is 5.65. The molecule has 0 saturated heterocycles. The van der Waals surface area contributed by atoms with Gasteiger partial charge < -0.3 is 4.57 Å². The quantitative estimate of drug-likeness (QED) is 0.635. The minimum Gasteiger partial charge on any atom is -0.329 e. The third-order valence-corrected chi connectivity index (χ3v) is 1.74. The van der Waals surface area contributed by atoms with E-state index in [1.54, 1.807) is 11.6 Å². The highest BCUT2D eigenvalue weighted by atomic mass is 32.2. The molecule has 1 rings (SSSR count). The molecule has 2 nitrogen and oxygen atoms in total. The van der Waals surface area contributed by atoms with Gasteiger partial charge in [0.25, 0.3) is 0 Å². The van der Waals surface area contributed by atoms with Gasteiger partial charge in [-0.1, -0.05) is 32.2 Å². The number of rotatable bonds is 2. The molecule has 0 bridgehead atoms. The molecule has 0 unspecified atom stereocenters. The SMILES string of the molecule is C=CSc1nccn1C.CC. The van der Waals surface area contributed by atoms with Crippen LogP contribution in [-0.4, -0.2) is 9.55 Å². The highest BCUT2D eigenvalue weighted by Gasteiger charge is 1.93. The van der Waals surface area contributed by atoms with Gasteiger partial charge in [-0.2, -0.15) is 0 Å². The van der Waals surface area contributed by atoms with Crippen molar-refractivity contribution in [3.05, 3.63) is 24.4 Å². The van der Waals surface area contributed by atoms with E-state index in [-0.39, 0.29) is 0 Å². The van der Waals surface area contributed by atoms with E-state index in [9.17, 15) is 0 Å². The third kappa shape index (κ3) is 3.28. The molecular formula is C8H14N2S. The van der Waals surface area contributed by atoms with Gasteiger partial charge in [0.2, 0.25) is 0 Å². The number of thioether (sulfide) groups is 1. The van der Waals surface area contributed by atoms with Crippen LogP contribution in [0.15, 0.2) is 29.5 Å². The first kappa shape index (κ1) is 10.3. The Labute approximate surface area is 72.3 Å². The van der Waals surface area contributed by atoms with Crippen molar-refractivity contribution in [1.29, 1.82) is 0 Å². The van der Waals surface area contributed by atoms with Crippen LogP contribution in [-0.2, 0) is 7.05 Å². The number of nitrogens with zero attached hydrogens (tertiary/aromatic N) is 2. The van der Waals surface area contributed by atoms with E-state index < -0.39 is 0 Å². The highest BCUT2D eigenvalue weighted by molar-refractivity contribution is 8.02. The summed E-state index contributed by atoms with van der Waals surface area (Å²) in [5, 5.41) is 2.74. The summed E-state index contributed by atoms with van der Waals surface area (Å²) in [5.41, 5.74) is 0. The molecule has 0 aliphatic carbocycles. The zero-order valence-electron chi connectivity index (χ0n) is 7.24. The second-order valence-corrected chi connectivity index (χ2v) is 2.54. The van der Waals surface area contributed by atoms with E-state index in [1.165, 1.54) is 11.8 Å². The van der Waals surface area contributed by atoms with Crippen LogP contribution in [0.4, 0.5) is 0 Å². The van der Waals surface area contributed by atoms with Crippen molar-refractivity contribution in [2.75, 3.05) is 0 Å². The molecule has 0 fully saturated rings. The molecule has 1 aromatic rings. The van der Waals surface area contributed by atoms with Crippen LogP contribution in [0, 0.1) is 0 Å². The van der Waals surface area contributed by atoms with E-state index in [0.29, 0.717) is 0 Å². The molecular weight excluding hydrogens is 156 g/mol. The lowest BCUT2D eigenvalue weighted by molar-refractivity contribution is 0.792. The predicted molar refractivity (Wildman–Crippen MR) is 50.6 cm³/mol. The van der Waals surface area contributed by atoms with Crippen molar-refractivity contribution in [3.63, 3.8) is 0 Å². The largest absolute Gasteiger partial charge is 0.329 e. The second-order valence-electron chi connectivity index (χ2n) is 1.61. The number of aryl methyl sites for hydroxylation is 1. The molecule has 0 amide bonds. The number of hydrogen-bond acceptors (Lipinski definition) is 2. The first-order chi connectivity index (χ1) is 5.34. The topological polar surface area (TPSA) is 17.8 Å². The van der Waals surface area contributed by atoms with Crippen LogP contribution < -0.4 is 0 Å². The summed E-state index contributed by atoms with van der Waals surface area (Å²) in [6.07, 6.45) is 3.68. The van der Waals surface area contributed by atoms with Crippen LogP contribution in [0.2, 0.25) is 0 Å². The molecule has 62 valence electrons. The zero-order chi connectivity index (χ0) is 8.69. The van der Waals surface area contributed by atoms with Crippen LogP contribution >= 0.6 is 11.8 Å². The lowest BCUT2D eigenvalue weighted by atomic mass is 10.9. The van der Waals surface area contributed by atoms with Crippen LogP contribution in [0.5, 0.6) is 0 Å². The average molecular weight is 170 g/mol. The molecule has 0 atom stereocenters. The van der Waals surface area contributed by atoms with Gasteiger partial charge in [-0.25, -0.2) is 4.98 Å². The van der Waals surface area contributed by atoms with E-state index in [4.69, 9.17) is 0 Å². The van der Waals surface area contributed by atoms with Gasteiger partial charge in [0.15, 0.2) is 5.16 Å². The fourth-order valence-corrected chi connectivity index (χ4v) is 1.04. The van der Waals surface area contributed by atoms with E-state index in [1.807, 2.05) is 31.7 Å². The lowest BCUT2D eigenvalue weighted by Crippen LogP contribution is -1.85. The molecule has 0 aliphatic rings. The number of hydrogen-bond donors (Lipinski definition) is 0. The van der Waals surface area contributed by atoms with Gasteiger partial charge >= 0.3 is 0 Å². The summed E-state index contributed by atoms with van der Waals surface area (Å²) in [6, 6.07) is 0. The molecule has 11 heavy (non-hydrogen) atoms. The minimum absolute atomic E-state index is 0.977. The first-order valence-corrected chi connectivity index (χ1v) is 4.47. The Hall–Kier alpha value is -0.700. The van der Waals surface area contributed by atoms with Gasteiger partial charge in [0, 0.05) is 19.4 Å². The Morgan fingerprint density at radius 3 is 2.64 bits per heavy atom. The Balaban J connectivity index is 0.000000461. The van der Waals surface area contributed by atoms with Gasteiger partial charge in [0.1, 0.15) is 0 Å². The first-order valence-electron chi connectivity index (χ1n) is 3.59. The van der Waals surface area contributed by atoms with Crippen molar-refractivity contribution in [2.45, 2.75) is 19.0 Å². The van der Waals surface area contributed by atoms with E-state index in [0.717, 1.165) is 5.16 Å². The summed E-state index contributed by atoms with van der Waals surface area (Å²) >= 11 is 1.52. The Morgan fingerprint density at radius 1 is 1.64 bits per heavy atom. The molecule has 0 N–H and O–H groups in total. The minimum atomic E-state index is 0.977. The number of imidazole rings is 1. The molecule has 0 radical (unpaired) electrons. The van der Waals surface area contributed by atoms with Crippen LogP contribution in [0.1, 0.15) is 13.8 Å². The van der Waals surface area contributed by atoms with Gasteiger partial charge in [0.05, 0.1) is 0 Å². The summed E-state index contributed by atoms with van der Waals surface area (Å²) in [7, 11) is 1.96. The van der Waals surface area contributed by atoms with Crippen molar-refractivity contribution in [2.24, 2.45) is 7.05 Å². The van der Waals surface area contributed by atoms with Crippen LogP contribution in [0.3, 0.4) is 0 Å². The average Bonchev–Trinajstić information content (AvgIpc) is 2.42. The van der Waals surface area contributed by atoms with Crippen molar-refractivity contribution in [3.8, 4) is 0 Å². The normalized spacial score (nSPS) is 8.27. The van der Waals surface area contributed by atoms with Crippen LogP contribution in [0.25, 0.3) is 0 Å². The summed E-state index contributed by atoms with van der Waals surface area (Å²) in [4.78, 5) is 4.06. The van der Waals surface area contributed by atoms with Gasteiger partial charge in [-0.3, -0.25) is 0 Å². The van der Waals surface area contributed by atoms with E-state index >= 15 is 0 Å². The van der Waals surface area contributed by atoms with Crippen molar-refractivity contribution >= 4 is 11.8 Å². The maximum Gasteiger partial charge on any atom is 0.171 e. The standard InChI is InChI=1S/C6H8N2S.C2H6/c1-3-9-6-7-4-5-8(6)2;1-2/h3-5H,1H2,2H3;1-2H3. The number of aromatic nitrogens is 2. The Bertz CT molecular complexity index is 206. The Morgan fingerprint density at radius 2 is 2.27 bits per heavy atom.